The van der Waals surface area contributed by atoms with Crippen LogP contribution in [0.4, 0.5) is 0 Å². The van der Waals surface area contributed by atoms with E-state index in [0.717, 1.165) is 6.42 Å². The van der Waals surface area contributed by atoms with Crippen LogP contribution < -0.4 is 4.74 Å². The van der Waals surface area contributed by atoms with Crippen LogP contribution in [0.3, 0.4) is 0 Å². The first kappa shape index (κ1) is 12.8. The number of rotatable bonds is 2. The molecule has 0 spiro atoms. The van der Waals surface area contributed by atoms with Gasteiger partial charge in [-0.15, -0.1) is 0 Å². The molecule has 1 fully saturated rings. The lowest BCUT2D eigenvalue weighted by molar-refractivity contribution is 0.0676. The van der Waals surface area contributed by atoms with Crippen molar-refractivity contribution in [2.75, 3.05) is 6.61 Å². The second kappa shape index (κ2) is 4.06. The predicted octanol–water partition coefficient (Wildman–Crippen LogP) is 3.29. The summed E-state index contributed by atoms with van der Waals surface area (Å²) in [6.07, 6.45) is 5.19. The number of hydrogen-bond acceptors (Lipinski definition) is 3. The second-order valence-electron chi connectivity index (χ2n) is 6.61. The van der Waals surface area contributed by atoms with Gasteiger partial charge in [0.25, 0.3) is 0 Å². The van der Waals surface area contributed by atoms with Gasteiger partial charge in [-0.05, 0) is 42.9 Å². The van der Waals surface area contributed by atoms with Crippen molar-refractivity contribution in [3.8, 4) is 5.75 Å². The van der Waals surface area contributed by atoms with Crippen molar-refractivity contribution >= 4 is 11.6 Å². The first-order valence-corrected chi connectivity index (χ1v) is 7.60. The minimum absolute atomic E-state index is 0.120. The van der Waals surface area contributed by atoms with E-state index in [1.807, 2.05) is 6.92 Å². The maximum atomic E-state index is 12.9. The summed E-state index contributed by atoms with van der Waals surface area (Å²) in [5.41, 5.74) is 0.988. The van der Waals surface area contributed by atoms with Crippen molar-refractivity contribution < 1.29 is 14.3 Å². The minimum atomic E-state index is -0.176. The lowest BCUT2D eigenvalue weighted by atomic mass is 9.65. The maximum Gasteiger partial charge on any atom is 0.168 e. The summed E-state index contributed by atoms with van der Waals surface area (Å²) in [5.74, 6) is 0.796. The van der Waals surface area contributed by atoms with Gasteiger partial charge in [0.15, 0.2) is 11.6 Å². The van der Waals surface area contributed by atoms with Gasteiger partial charge in [0, 0.05) is 23.0 Å². The summed E-state index contributed by atoms with van der Waals surface area (Å²) >= 11 is 0. The number of Topliss-reactive ketones (excluding diaryl/α,β-unsaturated/α-hetero) is 2. The highest BCUT2D eigenvalue weighted by atomic mass is 16.5. The van der Waals surface area contributed by atoms with E-state index in [1.165, 1.54) is 0 Å². The number of ether oxygens (including phenoxy) is 1. The van der Waals surface area contributed by atoms with E-state index >= 15 is 0 Å². The van der Waals surface area contributed by atoms with Crippen LogP contribution in [0.1, 0.15) is 41.0 Å². The van der Waals surface area contributed by atoms with Crippen LogP contribution in [-0.4, -0.2) is 18.2 Å². The van der Waals surface area contributed by atoms with Gasteiger partial charge in [-0.1, -0.05) is 19.1 Å². The van der Waals surface area contributed by atoms with E-state index in [2.05, 4.69) is 19.1 Å². The Hall–Kier alpha value is -1.90. The molecular weight excluding hydrogens is 264 g/mol. The second-order valence-corrected chi connectivity index (χ2v) is 6.61. The lowest BCUT2D eigenvalue weighted by Crippen LogP contribution is -2.42. The fourth-order valence-electron chi connectivity index (χ4n) is 4.48. The standard InChI is InChI=1S/C18H18O3/c1-3-21-11-4-5-12-13(8-11)16(19)14-10-6-7-18(2,9-10)15(14)17(12)20/h4-8,10,14-15H,3,9H2,1-2H3. The summed E-state index contributed by atoms with van der Waals surface area (Å²) in [7, 11) is 0. The number of carbonyl (C=O) groups excluding carboxylic acids is 2. The van der Waals surface area contributed by atoms with Crippen molar-refractivity contribution in [2.45, 2.75) is 20.3 Å². The molecule has 0 aromatic heterocycles. The van der Waals surface area contributed by atoms with Crippen molar-refractivity contribution in [3.05, 3.63) is 41.5 Å². The summed E-state index contributed by atoms with van der Waals surface area (Å²) in [6, 6.07) is 5.29. The Labute approximate surface area is 124 Å². The van der Waals surface area contributed by atoms with Gasteiger partial charge in [-0.25, -0.2) is 0 Å². The normalized spacial score (nSPS) is 35.8. The molecule has 0 heterocycles. The molecule has 3 aliphatic carbocycles. The van der Waals surface area contributed by atoms with Gasteiger partial charge in [0.1, 0.15) is 5.75 Å². The van der Waals surface area contributed by atoms with Crippen molar-refractivity contribution in [1.82, 2.24) is 0 Å². The molecule has 3 nitrogen and oxygen atoms in total. The van der Waals surface area contributed by atoms with Gasteiger partial charge >= 0.3 is 0 Å². The average molecular weight is 282 g/mol. The molecule has 0 saturated heterocycles. The topological polar surface area (TPSA) is 43.4 Å². The molecule has 0 aliphatic heterocycles. The molecule has 0 radical (unpaired) electrons. The van der Waals surface area contributed by atoms with Crippen LogP contribution in [0, 0.1) is 23.2 Å². The van der Waals surface area contributed by atoms with Crippen LogP contribution in [0.25, 0.3) is 0 Å². The first-order valence-electron chi connectivity index (χ1n) is 7.60. The van der Waals surface area contributed by atoms with E-state index in [0.29, 0.717) is 23.5 Å². The average Bonchev–Trinajstić information content (AvgIpc) is 2.98. The van der Waals surface area contributed by atoms with E-state index in [4.69, 9.17) is 4.74 Å². The zero-order valence-electron chi connectivity index (χ0n) is 12.3. The molecule has 3 heteroatoms. The molecule has 4 rings (SSSR count). The third-order valence-electron chi connectivity index (χ3n) is 5.35. The number of fused-ring (bicyclic) bond motifs is 6. The van der Waals surface area contributed by atoms with Crippen LogP contribution in [0.5, 0.6) is 5.75 Å². The zero-order valence-corrected chi connectivity index (χ0v) is 12.3. The third kappa shape index (κ3) is 1.55. The van der Waals surface area contributed by atoms with E-state index in [9.17, 15) is 9.59 Å². The van der Waals surface area contributed by atoms with Crippen molar-refractivity contribution in [1.29, 1.82) is 0 Å². The number of allylic oxidation sites excluding steroid dienone is 2. The largest absolute Gasteiger partial charge is 0.494 e. The van der Waals surface area contributed by atoms with E-state index in [-0.39, 0.29) is 34.7 Å². The van der Waals surface area contributed by atoms with Gasteiger partial charge < -0.3 is 4.74 Å². The Morgan fingerprint density at radius 3 is 2.81 bits per heavy atom. The SMILES string of the molecule is CCOc1ccc2c(c1)C(=O)C1C3C=CC(C)(C3)C1C2=O. The van der Waals surface area contributed by atoms with E-state index < -0.39 is 0 Å². The molecule has 3 aliphatic rings. The van der Waals surface area contributed by atoms with Crippen LogP contribution in [0.15, 0.2) is 30.4 Å². The van der Waals surface area contributed by atoms with E-state index in [1.54, 1.807) is 18.2 Å². The Kier molecular flexibility index (Phi) is 2.48. The molecule has 1 aromatic rings. The maximum absolute atomic E-state index is 12.9. The number of ketones is 2. The summed E-state index contributed by atoms with van der Waals surface area (Å²) in [4.78, 5) is 25.8. The molecule has 0 amide bonds. The monoisotopic (exact) mass is 282 g/mol. The number of carbonyl (C=O) groups is 2. The molecule has 2 bridgehead atoms. The third-order valence-corrected chi connectivity index (χ3v) is 5.35. The number of hydrogen-bond donors (Lipinski definition) is 0. The predicted molar refractivity (Wildman–Crippen MR) is 78.6 cm³/mol. The molecule has 1 aromatic carbocycles. The Balaban J connectivity index is 1.85. The highest BCUT2D eigenvalue weighted by molar-refractivity contribution is 6.17. The van der Waals surface area contributed by atoms with Crippen LogP contribution in [-0.2, 0) is 0 Å². The highest BCUT2D eigenvalue weighted by Gasteiger charge is 2.60. The van der Waals surface area contributed by atoms with Gasteiger partial charge in [-0.3, -0.25) is 9.59 Å². The lowest BCUT2D eigenvalue weighted by Gasteiger charge is -2.36. The quantitative estimate of drug-likeness (QED) is 0.782. The Morgan fingerprint density at radius 2 is 2.05 bits per heavy atom. The Morgan fingerprint density at radius 1 is 1.24 bits per heavy atom. The summed E-state index contributed by atoms with van der Waals surface area (Å²) < 4.78 is 5.47. The summed E-state index contributed by atoms with van der Waals surface area (Å²) in [5, 5.41) is 0. The highest BCUT2D eigenvalue weighted by Crippen LogP contribution is 2.59. The fourth-order valence-corrected chi connectivity index (χ4v) is 4.48. The molecular formula is C18H18O3. The minimum Gasteiger partial charge on any atom is -0.494 e. The molecule has 108 valence electrons. The molecule has 0 N–H and O–H groups in total. The van der Waals surface area contributed by atoms with Crippen molar-refractivity contribution in [2.24, 2.45) is 23.2 Å². The van der Waals surface area contributed by atoms with Gasteiger partial charge in [-0.2, -0.15) is 0 Å². The first-order chi connectivity index (χ1) is 10.0. The smallest absolute Gasteiger partial charge is 0.168 e. The molecule has 21 heavy (non-hydrogen) atoms. The zero-order chi connectivity index (χ0) is 14.8. The number of benzene rings is 1. The molecule has 4 unspecified atom stereocenters. The Bertz CT molecular complexity index is 688. The molecule has 1 saturated carbocycles. The van der Waals surface area contributed by atoms with Gasteiger partial charge in [0.2, 0.25) is 0 Å². The van der Waals surface area contributed by atoms with Crippen LogP contribution in [0.2, 0.25) is 0 Å². The molecule has 4 atom stereocenters. The van der Waals surface area contributed by atoms with Crippen LogP contribution >= 0.6 is 0 Å². The summed E-state index contributed by atoms with van der Waals surface area (Å²) in [6.45, 7) is 4.57. The fraction of sp³-hybridized carbons (Fsp3) is 0.444. The van der Waals surface area contributed by atoms with Crippen molar-refractivity contribution in [3.63, 3.8) is 0 Å². The van der Waals surface area contributed by atoms with Gasteiger partial charge in [0.05, 0.1) is 6.61 Å².